The number of halogens is 4. The molecule has 0 atom stereocenters. The van der Waals surface area contributed by atoms with Gasteiger partial charge >= 0.3 is 12.1 Å². The summed E-state index contributed by atoms with van der Waals surface area (Å²) in [5, 5.41) is 9.41. The van der Waals surface area contributed by atoms with Crippen LogP contribution in [0.4, 0.5) is 23.2 Å². The monoisotopic (exact) mass is 604 g/mol. The number of carboxylic acid groups (broad SMARTS) is 1. The van der Waals surface area contributed by atoms with E-state index in [9.17, 15) is 27.5 Å². The fraction of sp³-hybridized carbons (Fsp3) is 0.188. The summed E-state index contributed by atoms with van der Waals surface area (Å²) in [5.41, 5.74) is 0.678. The molecule has 44 heavy (non-hydrogen) atoms. The number of pyridine rings is 1. The Morgan fingerprint density at radius 1 is 1.05 bits per heavy atom. The Bertz CT molecular complexity index is 1900. The highest BCUT2D eigenvalue weighted by Gasteiger charge is 2.34. The van der Waals surface area contributed by atoms with E-state index < -0.39 is 23.5 Å². The lowest BCUT2D eigenvalue weighted by Crippen LogP contribution is -2.11. The third-order valence-corrected chi connectivity index (χ3v) is 6.89. The Morgan fingerprint density at radius 3 is 2.57 bits per heavy atom. The van der Waals surface area contributed by atoms with Crippen molar-refractivity contribution in [1.29, 1.82) is 0 Å². The number of aromatic nitrogens is 3. The molecule has 8 nitrogen and oxygen atoms in total. The standard InChI is InChI=1S/C32H24F4N4O4/c1-37-22-9-7-21(25(33)17-22)18-44-30-5-3-4-26(39-30)23-10-6-19(14-24(23)32(34,35)36)15-29-38-27-11-8-20(31(41)42)16-28(27)40(29)12-13-43-2/h3-11,14,16-17H,12-13,15,18H2,2H3,(H,41,42). The number of benzene rings is 3. The minimum atomic E-state index is -4.72. The summed E-state index contributed by atoms with van der Waals surface area (Å²) in [4.78, 5) is 23.5. The van der Waals surface area contributed by atoms with Crippen molar-refractivity contribution < 1.29 is 36.9 Å². The van der Waals surface area contributed by atoms with E-state index in [1.165, 1.54) is 55.6 Å². The van der Waals surface area contributed by atoms with Gasteiger partial charge in [0, 0.05) is 37.3 Å². The fourth-order valence-corrected chi connectivity index (χ4v) is 4.73. The van der Waals surface area contributed by atoms with Gasteiger partial charge in [-0.25, -0.2) is 24.0 Å². The van der Waals surface area contributed by atoms with Crippen LogP contribution in [0, 0.1) is 12.4 Å². The topological polar surface area (TPSA) is 90.8 Å². The van der Waals surface area contributed by atoms with E-state index in [2.05, 4.69) is 14.8 Å². The largest absolute Gasteiger partial charge is 0.478 e. The van der Waals surface area contributed by atoms with Gasteiger partial charge in [-0.15, -0.1) is 0 Å². The van der Waals surface area contributed by atoms with Crippen LogP contribution in [0.3, 0.4) is 0 Å². The SMILES string of the molecule is [C-]#[N+]c1ccc(COc2cccc(-c3ccc(Cc4nc5ccc(C(=O)O)cc5n4CCOC)cc3C(F)(F)F)n2)c(F)c1. The maximum Gasteiger partial charge on any atom is 0.417 e. The molecule has 3 aromatic carbocycles. The Balaban J connectivity index is 1.45. The molecule has 0 unspecified atom stereocenters. The minimum Gasteiger partial charge on any atom is -0.478 e. The minimum absolute atomic E-state index is 0.000877. The van der Waals surface area contributed by atoms with Gasteiger partial charge in [0.2, 0.25) is 5.88 Å². The van der Waals surface area contributed by atoms with Gasteiger partial charge in [0.15, 0.2) is 5.69 Å². The smallest absolute Gasteiger partial charge is 0.417 e. The highest BCUT2D eigenvalue weighted by Crippen LogP contribution is 2.38. The van der Waals surface area contributed by atoms with Crippen LogP contribution >= 0.6 is 0 Å². The van der Waals surface area contributed by atoms with Gasteiger partial charge in [0.1, 0.15) is 18.2 Å². The second-order valence-corrected chi connectivity index (χ2v) is 9.77. The average Bonchev–Trinajstić information content (AvgIpc) is 3.34. The van der Waals surface area contributed by atoms with Crippen molar-refractivity contribution in [3.05, 3.63) is 118 Å². The molecule has 5 rings (SSSR count). The van der Waals surface area contributed by atoms with Crippen LogP contribution in [-0.2, 0) is 30.5 Å². The quantitative estimate of drug-likeness (QED) is 0.133. The number of hydrogen-bond acceptors (Lipinski definition) is 5. The van der Waals surface area contributed by atoms with Crippen LogP contribution in [0.25, 0.3) is 27.1 Å². The molecular formula is C32H24F4N4O4. The van der Waals surface area contributed by atoms with Gasteiger partial charge in [-0.05, 0) is 42.0 Å². The van der Waals surface area contributed by atoms with E-state index in [-0.39, 0.29) is 53.6 Å². The van der Waals surface area contributed by atoms with Gasteiger partial charge in [-0.3, -0.25) is 0 Å². The lowest BCUT2D eigenvalue weighted by molar-refractivity contribution is -0.137. The summed E-state index contributed by atoms with van der Waals surface area (Å²) in [6.45, 7) is 7.34. The third kappa shape index (κ3) is 6.53. The van der Waals surface area contributed by atoms with Gasteiger partial charge in [-0.1, -0.05) is 30.3 Å². The molecule has 1 N–H and O–H groups in total. The Kier molecular flexibility index (Phi) is 8.59. The normalized spacial score (nSPS) is 11.5. The molecule has 12 heteroatoms. The van der Waals surface area contributed by atoms with E-state index >= 15 is 0 Å². The number of alkyl halides is 3. The predicted molar refractivity (Wildman–Crippen MR) is 153 cm³/mol. The van der Waals surface area contributed by atoms with Crippen molar-refractivity contribution in [2.24, 2.45) is 0 Å². The van der Waals surface area contributed by atoms with Crippen LogP contribution in [-0.4, -0.2) is 39.3 Å². The average molecular weight is 605 g/mol. The van der Waals surface area contributed by atoms with E-state index in [1.807, 2.05) is 0 Å². The lowest BCUT2D eigenvalue weighted by Gasteiger charge is -2.16. The second kappa shape index (κ2) is 12.5. The zero-order chi connectivity index (χ0) is 31.4. The first-order valence-electron chi connectivity index (χ1n) is 13.2. The second-order valence-electron chi connectivity index (χ2n) is 9.77. The maximum absolute atomic E-state index is 14.3. The van der Waals surface area contributed by atoms with Crippen molar-refractivity contribution in [1.82, 2.24) is 14.5 Å². The molecule has 0 amide bonds. The van der Waals surface area contributed by atoms with Crippen LogP contribution in [0.5, 0.6) is 5.88 Å². The zero-order valence-electron chi connectivity index (χ0n) is 23.2. The number of rotatable bonds is 10. The van der Waals surface area contributed by atoms with E-state index in [4.69, 9.17) is 16.0 Å². The summed E-state index contributed by atoms with van der Waals surface area (Å²) in [6.07, 6.45) is -4.68. The molecule has 0 spiro atoms. The summed E-state index contributed by atoms with van der Waals surface area (Å²) in [5.74, 6) is -1.29. The Labute approximate surface area is 249 Å². The first-order valence-corrected chi connectivity index (χ1v) is 13.2. The first-order chi connectivity index (χ1) is 21.1. The van der Waals surface area contributed by atoms with E-state index in [0.717, 1.165) is 12.1 Å². The number of ether oxygens (including phenoxy) is 2. The number of hydrogen-bond donors (Lipinski definition) is 1. The van der Waals surface area contributed by atoms with Gasteiger partial charge < -0.3 is 19.1 Å². The number of imidazole rings is 1. The van der Waals surface area contributed by atoms with Crippen molar-refractivity contribution >= 4 is 22.7 Å². The summed E-state index contributed by atoms with van der Waals surface area (Å²) >= 11 is 0. The summed E-state index contributed by atoms with van der Waals surface area (Å²) < 4.78 is 69.8. The van der Waals surface area contributed by atoms with Gasteiger partial charge in [0.25, 0.3) is 0 Å². The summed E-state index contributed by atoms with van der Waals surface area (Å²) in [7, 11) is 1.51. The fourth-order valence-electron chi connectivity index (χ4n) is 4.73. The molecule has 224 valence electrons. The van der Waals surface area contributed by atoms with Gasteiger partial charge in [-0.2, -0.15) is 13.2 Å². The number of carbonyl (C=O) groups is 1. The first kappa shape index (κ1) is 30.2. The highest BCUT2D eigenvalue weighted by atomic mass is 19.4. The molecule has 0 bridgehead atoms. The highest BCUT2D eigenvalue weighted by molar-refractivity contribution is 5.92. The molecule has 2 aromatic heterocycles. The number of aromatic carboxylic acids is 1. The Hall–Kier alpha value is -5.28. The molecule has 0 fully saturated rings. The molecule has 2 heterocycles. The summed E-state index contributed by atoms with van der Waals surface area (Å²) in [6, 6.07) is 16.7. The molecule has 0 radical (unpaired) electrons. The predicted octanol–water partition coefficient (Wildman–Crippen LogP) is 7.32. The zero-order valence-corrected chi connectivity index (χ0v) is 23.2. The van der Waals surface area contributed by atoms with Crippen molar-refractivity contribution in [2.45, 2.75) is 25.7 Å². The molecule has 0 aliphatic rings. The third-order valence-electron chi connectivity index (χ3n) is 6.89. The molecule has 0 saturated carbocycles. The van der Waals surface area contributed by atoms with Crippen molar-refractivity contribution in [3.8, 4) is 17.1 Å². The van der Waals surface area contributed by atoms with Crippen molar-refractivity contribution in [3.63, 3.8) is 0 Å². The van der Waals surface area contributed by atoms with Crippen molar-refractivity contribution in [2.75, 3.05) is 13.7 Å². The van der Waals surface area contributed by atoms with Gasteiger partial charge in [0.05, 0.1) is 41.0 Å². The van der Waals surface area contributed by atoms with Crippen LogP contribution in [0.1, 0.15) is 32.9 Å². The number of methoxy groups -OCH3 is 1. The van der Waals surface area contributed by atoms with Crippen LogP contribution in [0.15, 0.2) is 72.8 Å². The number of nitrogens with zero attached hydrogens (tertiary/aromatic N) is 4. The van der Waals surface area contributed by atoms with E-state index in [0.29, 0.717) is 29.0 Å². The van der Waals surface area contributed by atoms with Crippen LogP contribution < -0.4 is 4.74 Å². The molecule has 0 saturated heterocycles. The molecule has 0 aliphatic heterocycles. The lowest BCUT2D eigenvalue weighted by atomic mass is 9.99. The molecular weight excluding hydrogens is 580 g/mol. The Morgan fingerprint density at radius 2 is 1.86 bits per heavy atom. The molecule has 5 aromatic rings. The number of fused-ring (bicyclic) bond motifs is 1. The maximum atomic E-state index is 14.3. The van der Waals surface area contributed by atoms with Crippen LogP contribution in [0.2, 0.25) is 0 Å². The van der Waals surface area contributed by atoms with E-state index in [1.54, 1.807) is 16.7 Å². The molecule has 0 aliphatic carbocycles. The number of carboxylic acids is 1.